The van der Waals surface area contributed by atoms with Gasteiger partial charge in [0.1, 0.15) is 5.82 Å². The van der Waals surface area contributed by atoms with E-state index in [1.165, 1.54) is 0 Å². The van der Waals surface area contributed by atoms with Gasteiger partial charge in [-0.15, -0.1) is 0 Å². The maximum atomic E-state index is 10.6. The summed E-state index contributed by atoms with van der Waals surface area (Å²) in [5.41, 5.74) is 0.796. The first-order valence-corrected chi connectivity index (χ1v) is 3.90. The first-order valence-electron chi connectivity index (χ1n) is 3.90. The quantitative estimate of drug-likeness (QED) is 0.741. The monoisotopic (exact) mass is 180 g/mol. The molecule has 0 radical (unpaired) electrons. The van der Waals surface area contributed by atoms with Crippen LogP contribution in [0.4, 0.5) is 5.82 Å². The third kappa shape index (κ3) is 1.96. The Morgan fingerprint density at radius 2 is 2.08 bits per heavy atom. The lowest BCUT2D eigenvalue weighted by molar-refractivity contribution is 0.0695. The number of aromatic carboxylic acids is 1. The molecule has 0 aliphatic heterocycles. The highest BCUT2D eigenvalue weighted by atomic mass is 16.4. The molecule has 1 aromatic rings. The lowest BCUT2D eigenvalue weighted by Gasteiger charge is -2.12. The van der Waals surface area contributed by atoms with Gasteiger partial charge < -0.3 is 10.0 Å². The molecular formula is C9H12N2O2. The van der Waals surface area contributed by atoms with Crippen molar-refractivity contribution in [3.8, 4) is 0 Å². The summed E-state index contributed by atoms with van der Waals surface area (Å²) in [5, 5.41) is 8.74. The largest absolute Gasteiger partial charge is 0.478 e. The van der Waals surface area contributed by atoms with Gasteiger partial charge in [-0.2, -0.15) is 0 Å². The Balaban J connectivity index is 3.13. The van der Waals surface area contributed by atoms with E-state index in [4.69, 9.17) is 5.11 Å². The van der Waals surface area contributed by atoms with Crippen LogP contribution in [0.2, 0.25) is 0 Å². The molecular weight excluding hydrogens is 168 g/mol. The van der Waals surface area contributed by atoms with Crippen molar-refractivity contribution in [3.05, 3.63) is 23.4 Å². The summed E-state index contributed by atoms with van der Waals surface area (Å²) in [5.74, 6) is -0.169. The van der Waals surface area contributed by atoms with Crippen LogP contribution in [-0.4, -0.2) is 30.2 Å². The van der Waals surface area contributed by atoms with Crippen molar-refractivity contribution >= 4 is 11.8 Å². The van der Waals surface area contributed by atoms with Crippen LogP contribution in [0, 0.1) is 6.92 Å². The van der Waals surface area contributed by atoms with Gasteiger partial charge in [0.15, 0.2) is 0 Å². The van der Waals surface area contributed by atoms with Crippen molar-refractivity contribution in [1.29, 1.82) is 0 Å². The van der Waals surface area contributed by atoms with Crippen molar-refractivity contribution in [3.63, 3.8) is 0 Å². The molecule has 0 saturated carbocycles. The van der Waals surface area contributed by atoms with E-state index in [1.54, 1.807) is 19.1 Å². The van der Waals surface area contributed by atoms with E-state index in [1.807, 2.05) is 19.0 Å². The van der Waals surface area contributed by atoms with E-state index < -0.39 is 5.97 Å². The first-order chi connectivity index (χ1) is 6.02. The fourth-order valence-corrected chi connectivity index (χ4v) is 1.02. The van der Waals surface area contributed by atoms with E-state index in [2.05, 4.69) is 4.98 Å². The van der Waals surface area contributed by atoms with E-state index in [0.29, 0.717) is 5.69 Å². The smallest absolute Gasteiger partial charge is 0.337 e. The van der Waals surface area contributed by atoms with Crippen LogP contribution in [0.3, 0.4) is 0 Å². The molecule has 70 valence electrons. The van der Waals surface area contributed by atoms with Gasteiger partial charge in [0.25, 0.3) is 0 Å². The lowest BCUT2D eigenvalue weighted by Crippen LogP contribution is -2.12. The van der Waals surface area contributed by atoms with Gasteiger partial charge in [-0.1, -0.05) is 0 Å². The van der Waals surface area contributed by atoms with E-state index in [0.717, 1.165) is 5.82 Å². The number of carbonyl (C=O) groups is 1. The van der Waals surface area contributed by atoms with Crippen molar-refractivity contribution in [2.24, 2.45) is 0 Å². The fourth-order valence-electron chi connectivity index (χ4n) is 1.02. The van der Waals surface area contributed by atoms with Gasteiger partial charge >= 0.3 is 5.97 Å². The topological polar surface area (TPSA) is 53.4 Å². The molecule has 0 saturated heterocycles. The van der Waals surface area contributed by atoms with Crippen molar-refractivity contribution in [2.45, 2.75) is 6.92 Å². The number of anilines is 1. The molecule has 1 heterocycles. The van der Waals surface area contributed by atoms with Crippen LogP contribution in [0.15, 0.2) is 12.1 Å². The number of pyridine rings is 1. The summed E-state index contributed by atoms with van der Waals surface area (Å²) in [4.78, 5) is 16.6. The molecule has 1 aromatic heterocycles. The highest BCUT2D eigenvalue weighted by molar-refractivity contribution is 5.89. The number of aromatic nitrogens is 1. The number of hydrogen-bond donors (Lipinski definition) is 1. The van der Waals surface area contributed by atoms with Gasteiger partial charge in [-0.25, -0.2) is 9.78 Å². The van der Waals surface area contributed by atoms with Crippen molar-refractivity contribution < 1.29 is 9.90 Å². The van der Waals surface area contributed by atoms with Crippen LogP contribution >= 0.6 is 0 Å². The molecule has 0 atom stereocenters. The molecule has 0 amide bonds. The van der Waals surface area contributed by atoms with Gasteiger partial charge in [0, 0.05) is 14.1 Å². The Hall–Kier alpha value is -1.58. The molecule has 1 rings (SSSR count). The molecule has 0 aliphatic rings. The maximum absolute atomic E-state index is 10.6. The Kier molecular flexibility index (Phi) is 2.51. The van der Waals surface area contributed by atoms with Crippen molar-refractivity contribution in [2.75, 3.05) is 19.0 Å². The average Bonchev–Trinajstić information content (AvgIpc) is 2.03. The second-order valence-corrected chi connectivity index (χ2v) is 3.00. The number of aryl methyl sites for hydroxylation is 1. The molecule has 4 nitrogen and oxygen atoms in total. The molecule has 0 unspecified atom stereocenters. The molecule has 13 heavy (non-hydrogen) atoms. The van der Waals surface area contributed by atoms with Gasteiger partial charge in [-0.3, -0.25) is 0 Å². The minimum absolute atomic E-state index is 0.255. The lowest BCUT2D eigenvalue weighted by atomic mass is 10.2. The predicted molar refractivity (Wildman–Crippen MR) is 50.3 cm³/mol. The Labute approximate surface area is 76.8 Å². The Bertz CT molecular complexity index is 334. The zero-order chi connectivity index (χ0) is 10.0. The van der Waals surface area contributed by atoms with Gasteiger partial charge in [0.2, 0.25) is 0 Å². The molecule has 0 aliphatic carbocycles. The number of carboxylic acids is 1. The fraction of sp³-hybridized carbons (Fsp3) is 0.333. The zero-order valence-corrected chi connectivity index (χ0v) is 7.90. The molecule has 0 fully saturated rings. The van der Waals surface area contributed by atoms with Gasteiger partial charge in [0.05, 0.1) is 11.3 Å². The molecule has 4 heteroatoms. The summed E-state index contributed by atoms with van der Waals surface area (Å²) in [6, 6.07) is 3.26. The summed E-state index contributed by atoms with van der Waals surface area (Å²) in [6.07, 6.45) is 0. The second-order valence-electron chi connectivity index (χ2n) is 3.00. The second kappa shape index (κ2) is 3.43. The van der Waals surface area contributed by atoms with Crippen LogP contribution in [-0.2, 0) is 0 Å². The molecule has 0 spiro atoms. The van der Waals surface area contributed by atoms with E-state index in [9.17, 15) is 4.79 Å². The summed E-state index contributed by atoms with van der Waals surface area (Å²) in [7, 11) is 3.73. The third-order valence-electron chi connectivity index (χ3n) is 1.76. The maximum Gasteiger partial charge on any atom is 0.337 e. The third-order valence-corrected chi connectivity index (χ3v) is 1.76. The van der Waals surface area contributed by atoms with Crippen molar-refractivity contribution in [1.82, 2.24) is 4.98 Å². The summed E-state index contributed by atoms with van der Waals surface area (Å²) in [6.45, 7) is 1.69. The Morgan fingerprint density at radius 3 is 2.46 bits per heavy atom. The molecule has 0 aromatic carbocycles. The first kappa shape index (κ1) is 9.51. The standard InChI is InChI=1S/C9H12N2O2/c1-6-7(9(12)13)4-5-8(10-6)11(2)3/h4-5H,1-3H3,(H,12,13). The van der Waals surface area contributed by atoms with Gasteiger partial charge in [-0.05, 0) is 19.1 Å². The van der Waals surface area contributed by atoms with Crippen LogP contribution in [0.1, 0.15) is 16.1 Å². The Morgan fingerprint density at radius 1 is 1.46 bits per heavy atom. The minimum Gasteiger partial charge on any atom is -0.478 e. The zero-order valence-electron chi connectivity index (χ0n) is 7.90. The predicted octanol–water partition coefficient (Wildman–Crippen LogP) is 1.15. The number of carboxylic acid groups (broad SMARTS) is 1. The summed E-state index contributed by atoms with van der Waals surface area (Å²) >= 11 is 0. The summed E-state index contributed by atoms with van der Waals surface area (Å²) < 4.78 is 0. The normalized spacial score (nSPS) is 9.77. The van der Waals surface area contributed by atoms with E-state index in [-0.39, 0.29) is 5.56 Å². The highest BCUT2D eigenvalue weighted by Gasteiger charge is 2.08. The number of rotatable bonds is 2. The molecule has 1 N–H and O–H groups in total. The van der Waals surface area contributed by atoms with Crippen LogP contribution in [0.25, 0.3) is 0 Å². The highest BCUT2D eigenvalue weighted by Crippen LogP contribution is 2.12. The number of hydrogen-bond acceptors (Lipinski definition) is 3. The SMILES string of the molecule is Cc1nc(N(C)C)ccc1C(=O)O. The van der Waals surface area contributed by atoms with E-state index >= 15 is 0 Å². The van der Waals surface area contributed by atoms with Crippen LogP contribution in [0.5, 0.6) is 0 Å². The molecule has 0 bridgehead atoms. The number of nitrogens with zero attached hydrogens (tertiary/aromatic N) is 2. The van der Waals surface area contributed by atoms with Crippen LogP contribution < -0.4 is 4.90 Å². The average molecular weight is 180 g/mol. The minimum atomic E-state index is -0.935.